The summed E-state index contributed by atoms with van der Waals surface area (Å²) < 4.78 is 0. The molecule has 2 heteroatoms. The molecule has 0 atom stereocenters. The third-order valence-electron chi connectivity index (χ3n) is 2.22. The molecule has 0 saturated heterocycles. The van der Waals surface area contributed by atoms with Gasteiger partial charge in [0.1, 0.15) is 11.6 Å². The molecule has 0 aliphatic carbocycles. The molecule has 2 nitrogen and oxygen atoms in total. The molecule has 0 bridgehead atoms. The first-order valence-electron chi connectivity index (χ1n) is 5.74. The van der Waals surface area contributed by atoms with Crippen LogP contribution in [0.2, 0.25) is 0 Å². The monoisotopic (exact) mass is 198 g/mol. The number of carbonyl (C=O) groups excluding carboxylic acids is 2. The Morgan fingerprint density at radius 1 is 0.714 bits per heavy atom. The summed E-state index contributed by atoms with van der Waals surface area (Å²) in [5.41, 5.74) is 0. The maximum atomic E-state index is 11.1. The highest BCUT2D eigenvalue weighted by Gasteiger charge is 2.02. The Kier molecular flexibility index (Phi) is 8.50. The maximum Gasteiger partial charge on any atom is 0.132 e. The second-order valence-electron chi connectivity index (χ2n) is 3.78. The van der Waals surface area contributed by atoms with Crippen molar-refractivity contribution in [3.8, 4) is 0 Å². The van der Waals surface area contributed by atoms with Crippen molar-refractivity contribution in [3.05, 3.63) is 0 Å². The molecule has 0 heterocycles. The van der Waals surface area contributed by atoms with Crippen LogP contribution in [0.3, 0.4) is 0 Å². The SMILES string of the molecule is CCCC(=O)CCCCC(=O)CCC. The normalized spacial score (nSPS) is 10.1. The standard InChI is InChI=1S/C12H22O2/c1-3-7-11(13)9-5-6-10-12(14)8-4-2/h3-10H2,1-2H3. The molecule has 0 aromatic rings. The van der Waals surface area contributed by atoms with E-state index >= 15 is 0 Å². The Bertz CT molecular complexity index is 153. The van der Waals surface area contributed by atoms with Crippen LogP contribution in [0.5, 0.6) is 0 Å². The first-order valence-corrected chi connectivity index (χ1v) is 5.74. The summed E-state index contributed by atoms with van der Waals surface area (Å²) in [5.74, 6) is 0.686. The molecule has 0 radical (unpaired) electrons. The fourth-order valence-corrected chi connectivity index (χ4v) is 1.45. The minimum atomic E-state index is 0.343. The zero-order chi connectivity index (χ0) is 10.8. The number of unbranched alkanes of at least 4 members (excludes halogenated alkanes) is 1. The highest BCUT2D eigenvalue weighted by molar-refractivity contribution is 5.79. The average Bonchev–Trinajstić information content (AvgIpc) is 2.13. The highest BCUT2D eigenvalue weighted by Crippen LogP contribution is 2.06. The average molecular weight is 198 g/mol. The molecule has 0 amide bonds. The third kappa shape index (κ3) is 7.96. The van der Waals surface area contributed by atoms with Crippen LogP contribution < -0.4 is 0 Å². The van der Waals surface area contributed by atoms with Gasteiger partial charge in [0.25, 0.3) is 0 Å². The fraction of sp³-hybridized carbons (Fsp3) is 0.833. The van der Waals surface area contributed by atoms with Crippen LogP contribution in [0.25, 0.3) is 0 Å². The van der Waals surface area contributed by atoms with Crippen molar-refractivity contribution in [1.82, 2.24) is 0 Å². The van der Waals surface area contributed by atoms with E-state index in [-0.39, 0.29) is 0 Å². The van der Waals surface area contributed by atoms with E-state index in [4.69, 9.17) is 0 Å². The van der Waals surface area contributed by atoms with Crippen molar-refractivity contribution >= 4 is 11.6 Å². The topological polar surface area (TPSA) is 34.1 Å². The van der Waals surface area contributed by atoms with E-state index < -0.39 is 0 Å². The van der Waals surface area contributed by atoms with Gasteiger partial charge in [0.05, 0.1) is 0 Å². The van der Waals surface area contributed by atoms with Crippen molar-refractivity contribution < 1.29 is 9.59 Å². The molecular formula is C12H22O2. The number of Topliss-reactive ketones (excluding diaryl/α,β-unsaturated/α-hetero) is 2. The molecule has 82 valence electrons. The molecule has 0 saturated carbocycles. The minimum absolute atomic E-state index is 0.343. The lowest BCUT2D eigenvalue weighted by atomic mass is 10.1. The van der Waals surface area contributed by atoms with E-state index in [0.717, 1.165) is 25.7 Å². The fourth-order valence-electron chi connectivity index (χ4n) is 1.45. The number of rotatable bonds is 9. The van der Waals surface area contributed by atoms with Gasteiger partial charge in [-0.15, -0.1) is 0 Å². The van der Waals surface area contributed by atoms with E-state index in [1.54, 1.807) is 0 Å². The summed E-state index contributed by atoms with van der Waals surface area (Å²) in [6.45, 7) is 4.03. The van der Waals surface area contributed by atoms with Crippen LogP contribution in [0.1, 0.15) is 65.2 Å². The molecule has 0 fully saturated rings. The number of hydrogen-bond acceptors (Lipinski definition) is 2. The van der Waals surface area contributed by atoms with Crippen molar-refractivity contribution in [2.75, 3.05) is 0 Å². The van der Waals surface area contributed by atoms with E-state index in [2.05, 4.69) is 0 Å². The molecule has 0 aliphatic heterocycles. The zero-order valence-electron chi connectivity index (χ0n) is 9.47. The predicted molar refractivity (Wildman–Crippen MR) is 58.3 cm³/mol. The van der Waals surface area contributed by atoms with E-state index in [1.807, 2.05) is 13.8 Å². The maximum absolute atomic E-state index is 11.1. The molecular weight excluding hydrogens is 176 g/mol. The van der Waals surface area contributed by atoms with Gasteiger partial charge in [-0.05, 0) is 25.7 Å². The van der Waals surface area contributed by atoms with E-state index in [9.17, 15) is 9.59 Å². The van der Waals surface area contributed by atoms with Gasteiger partial charge in [0.15, 0.2) is 0 Å². The number of hydrogen-bond donors (Lipinski definition) is 0. The summed E-state index contributed by atoms with van der Waals surface area (Å²) in [4.78, 5) is 22.3. The summed E-state index contributed by atoms with van der Waals surface area (Å²) in [6.07, 6.45) is 6.36. The van der Waals surface area contributed by atoms with Crippen LogP contribution in [-0.4, -0.2) is 11.6 Å². The van der Waals surface area contributed by atoms with Gasteiger partial charge >= 0.3 is 0 Å². The second-order valence-corrected chi connectivity index (χ2v) is 3.78. The van der Waals surface area contributed by atoms with E-state index in [1.165, 1.54) is 0 Å². The molecule has 0 spiro atoms. The lowest BCUT2D eigenvalue weighted by Crippen LogP contribution is -1.99. The lowest BCUT2D eigenvalue weighted by molar-refractivity contribution is -0.121. The Morgan fingerprint density at radius 2 is 1.07 bits per heavy atom. The smallest absolute Gasteiger partial charge is 0.132 e. The molecule has 0 unspecified atom stereocenters. The van der Waals surface area contributed by atoms with E-state index in [0.29, 0.717) is 37.2 Å². The Morgan fingerprint density at radius 3 is 1.36 bits per heavy atom. The van der Waals surface area contributed by atoms with Crippen LogP contribution in [0.15, 0.2) is 0 Å². The third-order valence-corrected chi connectivity index (χ3v) is 2.22. The van der Waals surface area contributed by atoms with Crippen LogP contribution in [0.4, 0.5) is 0 Å². The quantitative estimate of drug-likeness (QED) is 0.533. The summed E-state index contributed by atoms with van der Waals surface area (Å²) in [6, 6.07) is 0. The van der Waals surface area contributed by atoms with Gasteiger partial charge in [-0.2, -0.15) is 0 Å². The van der Waals surface area contributed by atoms with Gasteiger partial charge in [-0.25, -0.2) is 0 Å². The van der Waals surface area contributed by atoms with Gasteiger partial charge in [0, 0.05) is 25.7 Å². The number of carbonyl (C=O) groups is 2. The van der Waals surface area contributed by atoms with Crippen molar-refractivity contribution in [2.45, 2.75) is 65.2 Å². The molecule has 0 aromatic carbocycles. The summed E-state index contributed by atoms with van der Waals surface area (Å²) >= 11 is 0. The second kappa shape index (κ2) is 8.92. The van der Waals surface area contributed by atoms with Crippen LogP contribution in [0, 0.1) is 0 Å². The molecule has 0 aliphatic rings. The first kappa shape index (κ1) is 13.3. The predicted octanol–water partition coefficient (Wildman–Crippen LogP) is 3.29. The largest absolute Gasteiger partial charge is 0.300 e. The van der Waals surface area contributed by atoms with Crippen LogP contribution >= 0.6 is 0 Å². The number of ketones is 2. The van der Waals surface area contributed by atoms with Crippen molar-refractivity contribution in [2.24, 2.45) is 0 Å². The van der Waals surface area contributed by atoms with Gasteiger partial charge in [0.2, 0.25) is 0 Å². The van der Waals surface area contributed by atoms with Gasteiger partial charge in [-0.3, -0.25) is 9.59 Å². The lowest BCUT2D eigenvalue weighted by Gasteiger charge is -1.99. The Balaban J connectivity index is 3.28. The first-order chi connectivity index (χ1) is 6.70. The summed E-state index contributed by atoms with van der Waals surface area (Å²) in [7, 11) is 0. The van der Waals surface area contributed by atoms with Crippen molar-refractivity contribution in [1.29, 1.82) is 0 Å². The Hall–Kier alpha value is -0.660. The minimum Gasteiger partial charge on any atom is -0.300 e. The highest BCUT2D eigenvalue weighted by atomic mass is 16.1. The van der Waals surface area contributed by atoms with Crippen LogP contribution in [-0.2, 0) is 9.59 Å². The zero-order valence-corrected chi connectivity index (χ0v) is 9.47. The van der Waals surface area contributed by atoms with Gasteiger partial charge < -0.3 is 0 Å². The van der Waals surface area contributed by atoms with Gasteiger partial charge in [-0.1, -0.05) is 13.8 Å². The van der Waals surface area contributed by atoms with Crippen molar-refractivity contribution in [3.63, 3.8) is 0 Å². The molecule has 0 N–H and O–H groups in total. The molecule has 0 aromatic heterocycles. The molecule has 0 rings (SSSR count). The Labute approximate surface area is 87.1 Å². The molecule has 14 heavy (non-hydrogen) atoms. The summed E-state index contributed by atoms with van der Waals surface area (Å²) in [5, 5.41) is 0.